The first-order valence-electron chi connectivity index (χ1n) is 9.28. The molecule has 0 saturated heterocycles. The standard InChI is InChI=1S/C19H29N3O3S/c1-11-8-15(22-25-11)21-17(24)12(2)26-10-16(23)20-14-9-13-6-7-19(14,5)18(13,3)4/h8,12-14H,6-7,9-10H2,1-5H3,(H,20,23)(H,21,22,24)/t12-,13+,14-,19-/m1/s1. The molecule has 26 heavy (non-hydrogen) atoms. The lowest BCUT2D eigenvalue weighted by Crippen LogP contribution is -2.47. The van der Waals surface area contributed by atoms with Crippen LogP contribution in [0.1, 0.15) is 52.7 Å². The van der Waals surface area contributed by atoms with Gasteiger partial charge in [0.15, 0.2) is 5.82 Å². The van der Waals surface area contributed by atoms with Crippen LogP contribution in [-0.2, 0) is 9.59 Å². The van der Waals surface area contributed by atoms with E-state index in [0.29, 0.717) is 17.5 Å². The van der Waals surface area contributed by atoms with E-state index in [4.69, 9.17) is 4.52 Å². The summed E-state index contributed by atoms with van der Waals surface area (Å²) < 4.78 is 4.93. The normalized spacial score (nSPS) is 30.2. The van der Waals surface area contributed by atoms with Crippen LogP contribution >= 0.6 is 11.8 Å². The van der Waals surface area contributed by atoms with Crippen LogP contribution in [0.15, 0.2) is 10.6 Å². The smallest absolute Gasteiger partial charge is 0.238 e. The van der Waals surface area contributed by atoms with Crippen LogP contribution in [0.5, 0.6) is 0 Å². The predicted molar refractivity (Wildman–Crippen MR) is 103 cm³/mol. The average Bonchev–Trinajstić information content (AvgIpc) is 3.13. The van der Waals surface area contributed by atoms with E-state index in [1.165, 1.54) is 24.6 Å². The first kappa shape index (κ1) is 19.3. The Morgan fingerprint density at radius 3 is 2.69 bits per heavy atom. The Balaban J connectivity index is 1.46. The van der Waals surface area contributed by atoms with E-state index < -0.39 is 0 Å². The van der Waals surface area contributed by atoms with Crippen molar-refractivity contribution in [1.29, 1.82) is 0 Å². The fourth-order valence-electron chi connectivity index (χ4n) is 4.59. The number of nitrogens with zero attached hydrogens (tertiary/aromatic N) is 1. The van der Waals surface area contributed by atoms with Crippen LogP contribution in [0.25, 0.3) is 0 Å². The van der Waals surface area contributed by atoms with E-state index in [0.717, 1.165) is 6.42 Å². The molecule has 4 atom stereocenters. The number of rotatable bonds is 6. The zero-order valence-electron chi connectivity index (χ0n) is 16.2. The number of fused-ring (bicyclic) bond motifs is 2. The van der Waals surface area contributed by atoms with Crippen molar-refractivity contribution in [2.45, 2.75) is 65.2 Å². The number of carbonyl (C=O) groups is 2. The summed E-state index contributed by atoms with van der Waals surface area (Å²) in [5.74, 6) is 1.86. The molecule has 144 valence electrons. The molecule has 0 aromatic carbocycles. The molecule has 7 heteroatoms. The van der Waals surface area contributed by atoms with Crippen LogP contribution in [0.3, 0.4) is 0 Å². The quantitative estimate of drug-likeness (QED) is 0.792. The van der Waals surface area contributed by atoms with E-state index in [1.54, 1.807) is 19.9 Å². The maximum atomic E-state index is 12.4. The Kier molecular flexibility index (Phi) is 5.12. The number of nitrogens with one attached hydrogen (secondary N) is 2. The van der Waals surface area contributed by atoms with E-state index in [-0.39, 0.29) is 39.7 Å². The summed E-state index contributed by atoms with van der Waals surface area (Å²) in [7, 11) is 0. The van der Waals surface area contributed by atoms with Gasteiger partial charge in [0.05, 0.1) is 11.0 Å². The molecule has 2 fully saturated rings. The van der Waals surface area contributed by atoms with E-state index >= 15 is 0 Å². The minimum absolute atomic E-state index is 0.0153. The molecule has 2 aliphatic rings. The molecular formula is C19H29N3O3S. The second-order valence-corrected chi connectivity index (χ2v) is 9.82. The number of hydrogen-bond donors (Lipinski definition) is 2. The van der Waals surface area contributed by atoms with Crippen molar-refractivity contribution in [1.82, 2.24) is 10.5 Å². The van der Waals surface area contributed by atoms with E-state index in [2.05, 4.69) is 36.6 Å². The molecule has 1 aromatic heterocycles. The summed E-state index contributed by atoms with van der Waals surface area (Å²) in [6, 6.07) is 1.91. The average molecular weight is 380 g/mol. The number of hydrogen-bond acceptors (Lipinski definition) is 5. The number of thioether (sulfide) groups is 1. The third-order valence-electron chi connectivity index (χ3n) is 6.84. The van der Waals surface area contributed by atoms with Crippen molar-refractivity contribution in [2.24, 2.45) is 16.7 Å². The summed E-state index contributed by atoms with van der Waals surface area (Å²) in [5, 5.41) is 9.34. The molecule has 0 unspecified atom stereocenters. The maximum Gasteiger partial charge on any atom is 0.238 e. The van der Waals surface area contributed by atoms with E-state index in [1.807, 2.05) is 0 Å². The molecule has 2 bridgehead atoms. The third-order valence-corrected chi connectivity index (χ3v) is 7.99. The minimum atomic E-state index is -0.343. The van der Waals surface area contributed by atoms with Gasteiger partial charge in [-0.2, -0.15) is 0 Å². The Hall–Kier alpha value is -1.50. The molecule has 2 amide bonds. The van der Waals surface area contributed by atoms with Gasteiger partial charge >= 0.3 is 0 Å². The van der Waals surface area contributed by atoms with E-state index in [9.17, 15) is 9.59 Å². The van der Waals surface area contributed by atoms with Gasteiger partial charge in [-0.3, -0.25) is 9.59 Å². The summed E-state index contributed by atoms with van der Waals surface area (Å²) >= 11 is 1.34. The lowest BCUT2D eigenvalue weighted by Gasteiger charge is -2.39. The highest BCUT2D eigenvalue weighted by Gasteiger charge is 2.61. The zero-order valence-corrected chi connectivity index (χ0v) is 17.0. The molecule has 3 rings (SSSR count). The molecule has 1 heterocycles. The Bertz CT molecular complexity index is 702. The number of carbonyl (C=O) groups excluding carboxylic acids is 2. The van der Waals surface area contributed by atoms with Crippen molar-refractivity contribution in [2.75, 3.05) is 11.1 Å². The van der Waals surface area contributed by atoms with Crippen molar-refractivity contribution in [3.63, 3.8) is 0 Å². The first-order valence-corrected chi connectivity index (χ1v) is 10.3. The Labute approximate surface area is 159 Å². The predicted octanol–water partition coefficient (Wildman–Crippen LogP) is 3.37. The minimum Gasteiger partial charge on any atom is -0.360 e. The van der Waals surface area contributed by atoms with Gasteiger partial charge in [0.1, 0.15) is 5.76 Å². The molecule has 2 saturated carbocycles. The van der Waals surface area contributed by atoms with Crippen LogP contribution in [0.2, 0.25) is 0 Å². The zero-order chi connectivity index (χ0) is 19.1. The van der Waals surface area contributed by atoms with Gasteiger partial charge in [-0.15, -0.1) is 11.8 Å². The SMILES string of the molecule is Cc1cc(NC(=O)[C@@H](C)SCC(=O)N[C@@H]2C[C@@H]3CC[C@@]2(C)C3(C)C)no1. The lowest BCUT2D eigenvalue weighted by molar-refractivity contribution is -0.120. The first-order chi connectivity index (χ1) is 12.1. The Morgan fingerprint density at radius 2 is 2.15 bits per heavy atom. The van der Waals surface area contributed by atoms with Crippen molar-refractivity contribution in [3.05, 3.63) is 11.8 Å². The van der Waals surface area contributed by atoms with Crippen molar-refractivity contribution in [3.8, 4) is 0 Å². The molecule has 0 radical (unpaired) electrons. The van der Waals surface area contributed by atoms with Crippen molar-refractivity contribution < 1.29 is 14.1 Å². The van der Waals surface area contributed by atoms with Crippen LogP contribution < -0.4 is 10.6 Å². The van der Waals surface area contributed by atoms with Gasteiger partial charge in [0.25, 0.3) is 0 Å². The van der Waals surface area contributed by atoms with Crippen LogP contribution in [0.4, 0.5) is 5.82 Å². The summed E-state index contributed by atoms with van der Waals surface area (Å²) in [6.45, 7) is 10.5. The summed E-state index contributed by atoms with van der Waals surface area (Å²) in [4.78, 5) is 24.6. The highest BCUT2D eigenvalue weighted by atomic mass is 32.2. The number of aryl methyl sites for hydroxylation is 1. The summed E-state index contributed by atoms with van der Waals surface area (Å²) in [5.41, 5.74) is 0.451. The van der Waals surface area contributed by atoms with Crippen LogP contribution in [0, 0.1) is 23.7 Å². The fraction of sp³-hybridized carbons (Fsp3) is 0.737. The topological polar surface area (TPSA) is 84.2 Å². The third kappa shape index (κ3) is 3.38. The molecule has 2 N–H and O–H groups in total. The largest absolute Gasteiger partial charge is 0.360 e. The highest BCUT2D eigenvalue weighted by Crippen LogP contribution is 2.65. The molecule has 2 aliphatic carbocycles. The van der Waals surface area contributed by atoms with Gasteiger partial charge < -0.3 is 15.2 Å². The molecule has 1 aromatic rings. The van der Waals surface area contributed by atoms with Gasteiger partial charge in [-0.1, -0.05) is 25.9 Å². The molecule has 0 spiro atoms. The van der Waals surface area contributed by atoms with Crippen LogP contribution in [-0.4, -0.2) is 34.0 Å². The number of aromatic nitrogens is 1. The highest BCUT2D eigenvalue weighted by molar-refractivity contribution is 8.01. The second kappa shape index (κ2) is 6.91. The lowest BCUT2D eigenvalue weighted by atomic mass is 9.69. The van der Waals surface area contributed by atoms with Crippen molar-refractivity contribution >= 4 is 29.4 Å². The number of anilines is 1. The van der Waals surface area contributed by atoms with Gasteiger partial charge in [0.2, 0.25) is 11.8 Å². The number of amides is 2. The van der Waals surface area contributed by atoms with Gasteiger partial charge in [-0.25, -0.2) is 0 Å². The summed E-state index contributed by atoms with van der Waals surface area (Å²) in [6.07, 6.45) is 3.52. The van der Waals surface area contributed by atoms with Gasteiger partial charge in [-0.05, 0) is 49.9 Å². The molecule has 6 nitrogen and oxygen atoms in total. The Morgan fingerprint density at radius 1 is 1.42 bits per heavy atom. The molecular weight excluding hydrogens is 350 g/mol. The van der Waals surface area contributed by atoms with Gasteiger partial charge in [0, 0.05) is 12.1 Å². The monoisotopic (exact) mass is 379 g/mol. The molecule has 0 aliphatic heterocycles. The fourth-order valence-corrected chi connectivity index (χ4v) is 5.28. The second-order valence-electron chi connectivity index (χ2n) is 8.50. The maximum absolute atomic E-state index is 12.4.